The molecule has 4 nitrogen and oxygen atoms in total. The fourth-order valence-corrected chi connectivity index (χ4v) is 2.26. The molecule has 1 aliphatic rings. The molecular weight excluding hydrogens is 226 g/mol. The molecule has 2 aromatic rings. The standard InChI is InChI=1S/C14H15N3O/c1-9-2-4-11-10(8-9)3-5-12(17-11)13-14(18)16-7-6-15-13/h2-5,8,13,15H,6-7H2,1H3,(H,16,18). The van der Waals surface area contributed by atoms with Crippen molar-refractivity contribution < 1.29 is 4.79 Å². The summed E-state index contributed by atoms with van der Waals surface area (Å²) in [4.78, 5) is 16.3. The summed E-state index contributed by atoms with van der Waals surface area (Å²) in [6.07, 6.45) is 0. The largest absolute Gasteiger partial charge is 0.353 e. The van der Waals surface area contributed by atoms with E-state index in [2.05, 4.69) is 28.6 Å². The molecule has 1 fully saturated rings. The van der Waals surface area contributed by atoms with Gasteiger partial charge in [-0.15, -0.1) is 0 Å². The van der Waals surface area contributed by atoms with Crippen molar-refractivity contribution in [3.8, 4) is 0 Å². The van der Waals surface area contributed by atoms with Gasteiger partial charge in [-0.1, -0.05) is 17.7 Å². The number of carbonyl (C=O) groups excluding carboxylic acids is 1. The van der Waals surface area contributed by atoms with Crippen LogP contribution in [0.5, 0.6) is 0 Å². The Balaban J connectivity index is 2.02. The second-order valence-corrected chi connectivity index (χ2v) is 4.61. The van der Waals surface area contributed by atoms with Crippen LogP contribution < -0.4 is 10.6 Å². The number of nitrogens with zero attached hydrogens (tertiary/aromatic N) is 1. The molecular formula is C14H15N3O. The first-order valence-electron chi connectivity index (χ1n) is 6.12. The number of aryl methyl sites for hydroxylation is 1. The SMILES string of the molecule is Cc1ccc2nc(C3NCCNC3=O)ccc2c1. The van der Waals surface area contributed by atoms with Crippen LogP contribution in [0.15, 0.2) is 30.3 Å². The molecule has 18 heavy (non-hydrogen) atoms. The van der Waals surface area contributed by atoms with Crippen LogP contribution in [0.4, 0.5) is 0 Å². The first kappa shape index (κ1) is 11.2. The average Bonchev–Trinajstić information content (AvgIpc) is 2.39. The van der Waals surface area contributed by atoms with Gasteiger partial charge >= 0.3 is 0 Å². The van der Waals surface area contributed by atoms with E-state index in [-0.39, 0.29) is 11.9 Å². The molecule has 1 unspecified atom stereocenters. The van der Waals surface area contributed by atoms with Crippen LogP contribution in [0, 0.1) is 6.92 Å². The van der Waals surface area contributed by atoms with Gasteiger partial charge in [0.25, 0.3) is 0 Å². The third-order valence-corrected chi connectivity index (χ3v) is 3.20. The number of amides is 1. The van der Waals surface area contributed by atoms with Gasteiger partial charge < -0.3 is 5.32 Å². The molecule has 2 N–H and O–H groups in total. The summed E-state index contributed by atoms with van der Waals surface area (Å²) in [5.74, 6) is 0.000196. The quantitative estimate of drug-likeness (QED) is 0.791. The molecule has 1 saturated heterocycles. The predicted octanol–water partition coefficient (Wildman–Crippen LogP) is 1.30. The summed E-state index contributed by atoms with van der Waals surface area (Å²) in [6, 6.07) is 9.74. The van der Waals surface area contributed by atoms with Crippen molar-refractivity contribution >= 4 is 16.8 Å². The molecule has 1 aromatic carbocycles. The Morgan fingerprint density at radius 2 is 2.11 bits per heavy atom. The fraction of sp³-hybridized carbons (Fsp3) is 0.286. The molecule has 0 radical (unpaired) electrons. The summed E-state index contributed by atoms with van der Waals surface area (Å²) in [5.41, 5.74) is 2.92. The lowest BCUT2D eigenvalue weighted by atomic mass is 10.1. The van der Waals surface area contributed by atoms with Crippen molar-refractivity contribution in [2.24, 2.45) is 0 Å². The number of hydrogen-bond acceptors (Lipinski definition) is 3. The highest BCUT2D eigenvalue weighted by Crippen LogP contribution is 2.19. The van der Waals surface area contributed by atoms with E-state index in [9.17, 15) is 4.79 Å². The number of carbonyl (C=O) groups is 1. The normalized spacial score (nSPS) is 19.8. The summed E-state index contributed by atoms with van der Waals surface area (Å²) < 4.78 is 0. The van der Waals surface area contributed by atoms with Crippen LogP contribution in [0.2, 0.25) is 0 Å². The van der Waals surface area contributed by atoms with Crippen molar-refractivity contribution in [2.75, 3.05) is 13.1 Å². The Hall–Kier alpha value is -1.94. The molecule has 2 heterocycles. The minimum Gasteiger partial charge on any atom is -0.353 e. The zero-order chi connectivity index (χ0) is 12.5. The van der Waals surface area contributed by atoms with E-state index in [1.165, 1.54) is 5.56 Å². The highest BCUT2D eigenvalue weighted by atomic mass is 16.2. The summed E-state index contributed by atoms with van der Waals surface area (Å²) >= 11 is 0. The van der Waals surface area contributed by atoms with Gasteiger partial charge in [0.1, 0.15) is 6.04 Å². The average molecular weight is 241 g/mol. The maximum absolute atomic E-state index is 11.8. The van der Waals surface area contributed by atoms with Crippen LogP contribution >= 0.6 is 0 Å². The Morgan fingerprint density at radius 1 is 1.22 bits per heavy atom. The summed E-state index contributed by atoms with van der Waals surface area (Å²) in [6.45, 7) is 3.52. The Labute approximate surface area is 105 Å². The second kappa shape index (κ2) is 4.38. The lowest BCUT2D eigenvalue weighted by molar-refractivity contribution is -0.124. The molecule has 4 heteroatoms. The van der Waals surface area contributed by atoms with Gasteiger partial charge in [0, 0.05) is 18.5 Å². The second-order valence-electron chi connectivity index (χ2n) is 4.61. The van der Waals surface area contributed by atoms with Crippen molar-refractivity contribution in [2.45, 2.75) is 13.0 Å². The minimum absolute atomic E-state index is 0.000196. The first-order valence-corrected chi connectivity index (χ1v) is 6.12. The molecule has 0 bridgehead atoms. The van der Waals surface area contributed by atoms with E-state index in [0.717, 1.165) is 23.1 Å². The molecule has 1 aliphatic heterocycles. The van der Waals surface area contributed by atoms with Gasteiger partial charge in [-0.25, -0.2) is 0 Å². The molecule has 92 valence electrons. The zero-order valence-electron chi connectivity index (χ0n) is 10.2. The van der Waals surface area contributed by atoms with Crippen molar-refractivity contribution in [1.82, 2.24) is 15.6 Å². The number of hydrogen-bond donors (Lipinski definition) is 2. The molecule has 3 rings (SSSR count). The zero-order valence-corrected chi connectivity index (χ0v) is 10.2. The van der Waals surface area contributed by atoms with Crippen molar-refractivity contribution in [3.05, 3.63) is 41.6 Å². The van der Waals surface area contributed by atoms with Crippen molar-refractivity contribution in [1.29, 1.82) is 0 Å². The van der Waals surface area contributed by atoms with E-state index >= 15 is 0 Å². The molecule has 0 aliphatic carbocycles. The lowest BCUT2D eigenvalue weighted by Gasteiger charge is -2.23. The topological polar surface area (TPSA) is 54.0 Å². The van der Waals surface area contributed by atoms with E-state index in [1.807, 2.05) is 24.3 Å². The lowest BCUT2D eigenvalue weighted by Crippen LogP contribution is -2.47. The van der Waals surface area contributed by atoms with Crippen LogP contribution in [0.25, 0.3) is 10.9 Å². The van der Waals surface area contributed by atoms with E-state index in [4.69, 9.17) is 0 Å². The number of pyridine rings is 1. The smallest absolute Gasteiger partial charge is 0.243 e. The van der Waals surface area contributed by atoms with Gasteiger partial charge in [-0.2, -0.15) is 0 Å². The van der Waals surface area contributed by atoms with Gasteiger partial charge in [0.05, 0.1) is 11.2 Å². The Bertz CT molecular complexity index is 609. The van der Waals surface area contributed by atoms with Gasteiger partial charge in [-0.05, 0) is 25.1 Å². The molecule has 1 aromatic heterocycles. The molecule has 0 spiro atoms. The number of fused-ring (bicyclic) bond motifs is 1. The first-order chi connectivity index (χ1) is 8.74. The maximum atomic E-state index is 11.8. The fourth-order valence-electron chi connectivity index (χ4n) is 2.26. The van der Waals surface area contributed by atoms with Gasteiger partial charge in [-0.3, -0.25) is 15.1 Å². The number of piperazine rings is 1. The van der Waals surface area contributed by atoms with Gasteiger partial charge in [0.15, 0.2) is 0 Å². The summed E-state index contributed by atoms with van der Waals surface area (Å²) in [5, 5.41) is 7.14. The van der Waals surface area contributed by atoms with Crippen molar-refractivity contribution in [3.63, 3.8) is 0 Å². The monoisotopic (exact) mass is 241 g/mol. The highest BCUT2D eigenvalue weighted by molar-refractivity contribution is 5.85. The highest BCUT2D eigenvalue weighted by Gasteiger charge is 2.24. The number of aromatic nitrogens is 1. The summed E-state index contributed by atoms with van der Waals surface area (Å²) in [7, 11) is 0. The molecule has 0 saturated carbocycles. The number of benzene rings is 1. The van der Waals surface area contributed by atoms with E-state index in [1.54, 1.807) is 0 Å². The minimum atomic E-state index is -0.329. The predicted molar refractivity (Wildman–Crippen MR) is 70.2 cm³/mol. The van der Waals surface area contributed by atoms with E-state index in [0.29, 0.717) is 6.54 Å². The van der Waals surface area contributed by atoms with Crippen LogP contribution in [-0.4, -0.2) is 24.0 Å². The number of rotatable bonds is 1. The number of nitrogens with one attached hydrogen (secondary N) is 2. The third-order valence-electron chi connectivity index (χ3n) is 3.20. The van der Waals surface area contributed by atoms with Gasteiger partial charge in [0.2, 0.25) is 5.91 Å². The van der Waals surface area contributed by atoms with Crippen LogP contribution in [0.3, 0.4) is 0 Å². The molecule has 1 amide bonds. The Kier molecular flexibility index (Phi) is 2.72. The third kappa shape index (κ3) is 1.95. The Morgan fingerprint density at radius 3 is 2.94 bits per heavy atom. The maximum Gasteiger partial charge on any atom is 0.243 e. The molecule has 1 atom stereocenters. The van der Waals surface area contributed by atoms with E-state index < -0.39 is 0 Å². The van der Waals surface area contributed by atoms with Crippen LogP contribution in [-0.2, 0) is 4.79 Å². The van der Waals surface area contributed by atoms with Crippen LogP contribution in [0.1, 0.15) is 17.3 Å².